The predicted molar refractivity (Wildman–Crippen MR) is 81.5 cm³/mol. The van der Waals surface area contributed by atoms with Gasteiger partial charge < -0.3 is 4.74 Å². The zero-order valence-corrected chi connectivity index (χ0v) is 13.3. The Morgan fingerprint density at radius 2 is 1.84 bits per heavy atom. The number of hydrogen-bond acceptors (Lipinski definition) is 3. The fourth-order valence-electron chi connectivity index (χ4n) is 1.68. The van der Waals surface area contributed by atoms with Crippen LogP contribution in [-0.2, 0) is 9.53 Å². The van der Waals surface area contributed by atoms with Crippen molar-refractivity contribution < 1.29 is 13.9 Å². The molecule has 4 heteroatoms. The molecule has 2 nitrogen and oxygen atoms in total. The Labute approximate surface area is 121 Å². The third-order valence-corrected chi connectivity index (χ3v) is 4.28. The van der Waals surface area contributed by atoms with Crippen molar-refractivity contribution in [3.05, 3.63) is 0 Å². The van der Waals surface area contributed by atoms with Crippen molar-refractivity contribution in [3.8, 4) is 0 Å². The van der Waals surface area contributed by atoms with Gasteiger partial charge in [0.1, 0.15) is 5.25 Å². The van der Waals surface area contributed by atoms with Gasteiger partial charge in [-0.15, -0.1) is 11.8 Å². The van der Waals surface area contributed by atoms with Crippen molar-refractivity contribution in [2.75, 3.05) is 19.0 Å². The smallest absolute Gasteiger partial charge is 0.319 e. The van der Waals surface area contributed by atoms with E-state index < -0.39 is 0 Å². The molecule has 1 unspecified atom stereocenters. The van der Waals surface area contributed by atoms with E-state index >= 15 is 0 Å². The molecule has 0 saturated heterocycles. The first-order valence-corrected chi connectivity index (χ1v) is 8.65. The highest BCUT2D eigenvalue weighted by Crippen LogP contribution is 2.21. The van der Waals surface area contributed by atoms with E-state index in [-0.39, 0.29) is 17.9 Å². The van der Waals surface area contributed by atoms with Gasteiger partial charge in [-0.2, -0.15) is 0 Å². The molecule has 0 bridgehead atoms. The largest absolute Gasteiger partial charge is 0.465 e. The minimum absolute atomic E-state index is 0.0528. The summed E-state index contributed by atoms with van der Waals surface area (Å²) in [6, 6.07) is 0. The molecule has 0 aliphatic carbocycles. The highest BCUT2D eigenvalue weighted by molar-refractivity contribution is 8.00. The van der Waals surface area contributed by atoms with Crippen LogP contribution in [0.25, 0.3) is 0 Å². The maximum Gasteiger partial charge on any atom is 0.319 e. The average Bonchev–Trinajstić information content (AvgIpc) is 2.41. The first-order chi connectivity index (χ1) is 9.26. The maximum atomic E-state index is 12.0. The van der Waals surface area contributed by atoms with Crippen LogP contribution in [0.2, 0.25) is 0 Å². The topological polar surface area (TPSA) is 26.3 Å². The lowest BCUT2D eigenvalue weighted by Crippen LogP contribution is -2.21. The lowest BCUT2D eigenvalue weighted by molar-refractivity contribution is -0.143. The van der Waals surface area contributed by atoms with Gasteiger partial charge in [0.05, 0.1) is 13.3 Å². The van der Waals surface area contributed by atoms with Crippen LogP contribution in [0.4, 0.5) is 4.39 Å². The highest BCUT2D eigenvalue weighted by Gasteiger charge is 2.19. The van der Waals surface area contributed by atoms with Gasteiger partial charge >= 0.3 is 5.97 Å². The summed E-state index contributed by atoms with van der Waals surface area (Å²) < 4.78 is 17.3. The molecule has 1 atom stereocenters. The minimum Gasteiger partial charge on any atom is -0.465 e. The summed E-state index contributed by atoms with van der Waals surface area (Å²) in [6.07, 6.45) is 7.68. The normalized spacial score (nSPS) is 12.4. The maximum absolute atomic E-state index is 12.0. The molecule has 0 aromatic carbocycles. The second-order valence-corrected chi connectivity index (χ2v) is 6.08. The summed E-state index contributed by atoms with van der Waals surface area (Å²) in [5.41, 5.74) is 0. The molecule has 0 saturated carbocycles. The number of carbonyl (C=O) groups is 1. The number of carbonyl (C=O) groups excluding carboxylic acids is 1. The van der Waals surface area contributed by atoms with E-state index in [9.17, 15) is 9.18 Å². The van der Waals surface area contributed by atoms with Gasteiger partial charge in [-0.1, -0.05) is 39.5 Å². The number of thioether (sulfide) groups is 1. The third kappa shape index (κ3) is 11.3. The van der Waals surface area contributed by atoms with Crippen molar-refractivity contribution >= 4 is 17.7 Å². The van der Waals surface area contributed by atoms with Gasteiger partial charge in [-0.05, 0) is 31.4 Å². The van der Waals surface area contributed by atoms with E-state index in [4.69, 9.17) is 4.74 Å². The standard InChI is InChI=1S/C15H29FO2S/c1-3-5-7-10-14(19-13-9-8-11-16)15(17)18-12-6-4-2/h14H,3-13H2,1-2H3. The number of alkyl halides is 1. The van der Waals surface area contributed by atoms with E-state index in [0.29, 0.717) is 13.0 Å². The lowest BCUT2D eigenvalue weighted by Gasteiger charge is -2.15. The van der Waals surface area contributed by atoms with E-state index in [2.05, 4.69) is 13.8 Å². The second-order valence-electron chi connectivity index (χ2n) is 4.77. The third-order valence-electron chi connectivity index (χ3n) is 2.92. The van der Waals surface area contributed by atoms with Crippen LogP contribution in [0.5, 0.6) is 0 Å². The number of halogens is 1. The van der Waals surface area contributed by atoms with Gasteiger partial charge in [0.2, 0.25) is 0 Å². The summed E-state index contributed by atoms with van der Waals surface area (Å²) >= 11 is 1.64. The molecule has 0 heterocycles. The van der Waals surface area contributed by atoms with Crippen molar-refractivity contribution in [2.45, 2.75) is 70.5 Å². The second kappa shape index (κ2) is 14.2. The van der Waals surface area contributed by atoms with Crippen LogP contribution < -0.4 is 0 Å². The van der Waals surface area contributed by atoms with Crippen molar-refractivity contribution in [1.82, 2.24) is 0 Å². The molecular formula is C15H29FO2S. The molecular weight excluding hydrogens is 263 g/mol. The van der Waals surface area contributed by atoms with Gasteiger partial charge in [0.25, 0.3) is 0 Å². The van der Waals surface area contributed by atoms with Crippen LogP contribution in [-0.4, -0.2) is 30.3 Å². The zero-order chi connectivity index (χ0) is 14.3. The van der Waals surface area contributed by atoms with E-state index in [0.717, 1.165) is 50.7 Å². The Balaban J connectivity index is 3.96. The van der Waals surface area contributed by atoms with E-state index in [1.54, 1.807) is 11.8 Å². The molecule has 114 valence electrons. The van der Waals surface area contributed by atoms with Gasteiger partial charge in [0, 0.05) is 0 Å². The van der Waals surface area contributed by atoms with Gasteiger partial charge in [-0.25, -0.2) is 0 Å². The summed E-state index contributed by atoms with van der Waals surface area (Å²) in [6.45, 7) is 4.51. The van der Waals surface area contributed by atoms with Crippen LogP contribution in [0.3, 0.4) is 0 Å². The van der Waals surface area contributed by atoms with Gasteiger partial charge in [-0.3, -0.25) is 9.18 Å². The molecule has 0 aromatic heterocycles. The molecule has 0 rings (SSSR count). The molecule has 0 aliphatic rings. The Kier molecular flexibility index (Phi) is 14.0. The number of rotatable bonds is 13. The summed E-state index contributed by atoms with van der Waals surface area (Å²) in [7, 11) is 0. The number of unbranched alkanes of at least 4 members (excludes halogenated alkanes) is 4. The molecule has 0 amide bonds. The average molecular weight is 292 g/mol. The fourth-order valence-corrected chi connectivity index (χ4v) is 2.87. The molecule has 0 fully saturated rings. The van der Waals surface area contributed by atoms with E-state index in [1.165, 1.54) is 0 Å². The Hall–Kier alpha value is -0.250. The SMILES string of the molecule is CCCCCC(SCCCCF)C(=O)OCCCC. The molecule has 19 heavy (non-hydrogen) atoms. The van der Waals surface area contributed by atoms with E-state index in [1.807, 2.05) is 0 Å². The molecule has 0 N–H and O–H groups in total. The fraction of sp³-hybridized carbons (Fsp3) is 0.933. The Morgan fingerprint density at radius 3 is 2.47 bits per heavy atom. The molecule has 0 aliphatic heterocycles. The number of esters is 1. The van der Waals surface area contributed by atoms with Gasteiger partial charge in [0.15, 0.2) is 0 Å². The molecule has 0 aromatic rings. The quantitative estimate of drug-likeness (QED) is 0.361. The van der Waals surface area contributed by atoms with Crippen LogP contribution in [0.1, 0.15) is 65.2 Å². The number of hydrogen-bond donors (Lipinski definition) is 0. The van der Waals surface area contributed by atoms with Crippen molar-refractivity contribution in [3.63, 3.8) is 0 Å². The van der Waals surface area contributed by atoms with Crippen LogP contribution in [0, 0.1) is 0 Å². The molecule has 0 spiro atoms. The monoisotopic (exact) mass is 292 g/mol. The van der Waals surface area contributed by atoms with Crippen molar-refractivity contribution in [2.24, 2.45) is 0 Å². The zero-order valence-electron chi connectivity index (χ0n) is 12.5. The number of ether oxygens (including phenoxy) is 1. The highest BCUT2D eigenvalue weighted by atomic mass is 32.2. The minimum atomic E-state index is -0.262. The first kappa shape index (κ1) is 18.8. The summed E-state index contributed by atoms with van der Waals surface area (Å²) in [5, 5.41) is -0.0528. The Bertz CT molecular complexity index is 212. The summed E-state index contributed by atoms with van der Waals surface area (Å²) in [5.74, 6) is 0.777. The van der Waals surface area contributed by atoms with Crippen LogP contribution >= 0.6 is 11.8 Å². The van der Waals surface area contributed by atoms with Crippen molar-refractivity contribution in [1.29, 1.82) is 0 Å². The lowest BCUT2D eigenvalue weighted by atomic mass is 10.1. The predicted octanol–water partition coefficient (Wildman–Crippen LogP) is 4.76. The van der Waals surface area contributed by atoms with Crippen LogP contribution in [0.15, 0.2) is 0 Å². The first-order valence-electron chi connectivity index (χ1n) is 7.60. The Morgan fingerprint density at radius 1 is 1.11 bits per heavy atom. The molecule has 0 radical (unpaired) electrons. The summed E-state index contributed by atoms with van der Waals surface area (Å²) in [4.78, 5) is 12.0.